The number of Topliss-reactive ketones (excluding diaryl/α,β-unsaturated/α-hetero) is 1. The van der Waals surface area contributed by atoms with Crippen LogP contribution in [0, 0.1) is 5.92 Å². The molecule has 5 heteroatoms. The van der Waals surface area contributed by atoms with E-state index in [9.17, 15) is 18.4 Å². The number of ketones is 1. The van der Waals surface area contributed by atoms with E-state index in [0.717, 1.165) is 6.08 Å². The third kappa shape index (κ3) is 2.87. The Morgan fingerprint density at radius 3 is 2.69 bits per heavy atom. The molecule has 1 aliphatic heterocycles. The molecule has 0 radical (unpaired) electrons. The number of hydrogen-bond acceptors (Lipinski definition) is 2. The van der Waals surface area contributed by atoms with Crippen LogP contribution in [0.25, 0.3) is 0 Å². The molecule has 0 aromatic carbocycles. The molecule has 1 fully saturated rings. The van der Waals surface area contributed by atoms with Crippen LogP contribution in [-0.4, -0.2) is 29.2 Å². The van der Waals surface area contributed by atoms with Gasteiger partial charge in [0.1, 0.15) is 0 Å². The van der Waals surface area contributed by atoms with E-state index in [1.165, 1.54) is 11.8 Å². The van der Waals surface area contributed by atoms with E-state index in [1.807, 2.05) is 0 Å². The zero-order valence-corrected chi connectivity index (χ0v) is 9.37. The van der Waals surface area contributed by atoms with E-state index in [-0.39, 0.29) is 24.7 Å². The summed E-state index contributed by atoms with van der Waals surface area (Å²) in [6.07, 6.45) is -0.378. The highest BCUT2D eigenvalue weighted by Gasteiger charge is 2.34. The van der Waals surface area contributed by atoms with Gasteiger partial charge in [0.2, 0.25) is 5.91 Å². The number of halogens is 2. The molecule has 90 valence electrons. The van der Waals surface area contributed by atoms with Gasteiger partial charge in [-0.15, -0.1) is 0 Å². The number of rotatable bonds is 4. The number of likely N-dealkylation sites (tertiary alicyclic amines) is 1. The zero-order chi connectivity index (χ0) is 12.3. The topological polar surface area (TPSA) is 37.4 Å². The van der Waals surface area contributed by atoms with Gasteiger partial charge in [-0.2, -0.15) is 8.78 Å². The van der Waals surface area contributed by atoms with Crippen LogP contribution >= 0.6 is 0 Å². The highest BCUT2D eigenvalue weighted by Crippen LogP contribution is 2.24. The molecule has 1 rings (SSSR count). The third-order valence-corrected chi connectivity index (χ3v) is 2.78. The van der Waals surface area contributed by atoms with Crippen molar-refractivity contribution in [1.82, 2.24) is 4.90 Å². The Kier molecular flexibility index (Phi) is 4.15. The van der Waals surface area contributed by atoms with Gasteiger partial charge in [-0.1, -0.05) is 6.92 Å². The Morgan fingerprint density at radius 1 is 1.62 bits per heavy atom. The second kappa shape index (κ2) is 5.18. The summed E-state index contributed by atoms with van der Waals surface area (Å²) in [6.45, 7) is 3.44. The second-order valence-electron chi connectivity index (χ2n) is 4.00. The highest BCUT2D eigenvalue weighted by atomic mass is 19.3. The Bertz CT molecular complexity index is 324. The fourth-order valence-electron chi connectivity index (χ4n) is 2.08. The third-order valence-electron chi connectivity index (χ3n) is 2.78. The summed E-state index contributed by atoms with van der Waals surface area (Å²) < 4.78 is 24.1. The second-order valence-corrected chi connectivity index (χ2v) is 4.00. The molecule has 1 amide bonds. The first-order valence-corrected chi connectivity index (χ1v) is 5.28. The SMILES string of the molecule is CCC(C(C)=O)N1C[C@H](C=C(F)F)CC1=O. The van der Waals surface area contributed by atoms with Crippen molar-refractivity contribution < 1.29 is 18.4 Å². The molecule has 0 aliphatic carbocycles. The minimum absolute atomic E-state index is 0.0706. The van der Waals surface area contributed by atoms with Crippen molar-refractivity contribution in [3.05, 3.63) is 12.2 Å². The fourth-order valence-corrected chi connectivity index (χ4v) is 2.08. The Labute approximate surface area is 93.1 Å². The highest BCUT2D eigenvalue weighted by molar-refractivity contribution is 5.88. The fraction of sp³-hybridized carbons (Fsp3) is 0.636. The molecular formula is C11H15F2NO2. The summed E-state index contributed by atoms with van der Waals surface area (Å²) in [5.41, 5.74) is 0. The molecule has 2 atom stereocenters. The number of carbonyl (C=O) groups excluding carboxylic acids is 2. The van der Waals surface area contributed by atoms with Crippen molar-refractivity contribution in [2.75, 3.05) is 6.54 Å². The summed E-state index contributed by atoms with van der Waals surface area (Å²) in [6, 6.07) is -0.464. The average Bonchev–Trinajstić information content (AvgIpc) is 2.46. The monoisotopic (exact) mass is 231 g/mol. The van der Waals surface area contributed by atoms with Gasteiger partial charge in [0.05, 0.1) is 6.04 Å². The van der Waals surface area contributed by atoms with Crippen molar-refractivity contribution in [2.24, 2.45) is 5.92 Å². The minimum Gasteiger partial charge on any atom is -0.332 e. The van der Waals surface area contributed by atoms with Crippen LogP contribution in [0.15, 0.2) is 12.2 Å². The molecule has 1 unspecified atom stereocenters. The average molecular weight is 231 g/mol. The maximum Gasteiger partial charge on any atom is 0.266 e. The molecule has 0 spiro atoms. The van der Waals surface area contributed by atoms with Gasteiger partial charge in [0.25, 0.3) is 6.08 Å². The summed E-state index contributed by atoms with van der Waals surface area (Å²) in [4.78, 5) is 24.3. The van der Waals surface area contributed by atoms with Crippen LogP contribution in [0.1, 0.15) is 26.7 Å². The van der Waals surface area contributed by atoms with Gasteiger partial charge >= 0.3 is 0 Å². The van der Waals surface area contributed by atoms with Gasteiger partial charge in [0.15, 0.2) is 5.78 Å². The largest absolute Gasteiger partial charge is 0.332 e. The molecule has 1 saturated heterocycles. The molecule has 16 heavy (non-hydrogen) atoms. The maximum absolute atomic E-state index is 12.0. The number of amides is 1. The van der Waals surface area contributed by atoms with Crippen molar-refractivity contribution in [1.29, 1.82) is 0 Å². The summed E-state index contributed by atoms with van der Waals surface area (Å²) in [5.74, 6) is -0.781. The summed E-state index contributed by atoms with van der Waals surface area (Å²) >= 11 is 0. The normalized spacial score (nSPS) is 22.1. The lowest BCUT2D eigenvalue weighted by Crippen LogP contribution is -2.40. The number of carbonyl (C=O) groups is 2. The molecule has 3 nitrogen and oxygen atoms in total. The maximum atomic E-state index is 12.0. The molecule has 1 heterocycles. The predicted octanol–water partition coefficient (Wildman–Crippen LogP) is 1.98. The lowest BCUT2D eigenvalue weighted by Gasteiger charge is -2.24. The lowest BCUT2D eigenvalue weighted by molar-refractivity contribution is -0.135. The van der Waals surface area contributed by atoms with E-state index in [0.29, 0.717) is 6.42 Å². The molecule has 0 aromatic rings. The van der Waals surface area contributed by atoms with E-state index < -0.39 is 18.0 Å². The number of hydrogen-bond donors (Lipinski definition) is 0. The Balaban J connectivity index is 2.74. The quantitative estimate of drug-likeness (QED) is 0.742. The van der Waals surface area contributed by atoms with Crippen molar-refractivity contribution in [3.8, 4) is 0 Å². The van der Waals surface area contributed by atoms with Crippen molar-refractivity contribution >= 4 is 11.7 Å². The van der Waals surface area contributed by atoms with E-state index >= 15 is 0 Å². The van der Waals surface area contributed by atoms with E-state index in [2.05, 4.69) is 0 Å². The van der Waals surface area contributed by atoms with E-state index in [4.69, 9.17) is 0 Å². The molecule has 0 aromatic heterocycles. The summed E-state index contributed by atoms with van der Waals surface area (Å²) in [5, 5.41) is 0. The number of nitrogens with zero attached hydrogens (tertiary/aromatic N) is 1. The molecule has 1 aliphatic rings. The Hall–Kier alpha value is -1.26. The molecular weight excluding hydrogens is 216 g/mol. The Morgan fingerprint density at radius 2 is 2.25 bits per heavy atom. The van der Waals surface area contributed by atoms with Gasteiger partial charge in [-0.3, -0.25) is 9.59 Å². The van der Waals surface area contributed by atoms with Gasteiger partial charge in [0, 0.05) is 18.9 Å². The van der Waals surface area contributed by atoms with Crippen molar-refractivity contribution in [2.45, 2.75) is 32.7 Å². The van der Waals surface area contributed by atoms with Crippen LogP contribution < -0.4 is 0 Å². The first kappa shape index (κ1) is 12.8. The van der Waals surface area contributed by atoms with Gasteiger partial charge in [-0.25, -0.2) is 0 Å². The smallest absolute Gasteiger partial charge is 0.266 e. The first-order valence-electron chi connectivity index (χ1n) is 5.28. The standard InChI is InChI=1S/C11H15F2NO2/c1-3-9(7(2)15)14-6-8(4-10(12)13)5-11(14)16/h4,8-9H,3,5-6H2,1-2H3/t8-,9?/m1/s1. The van der Waals surface area contributed by atoms with Gasteiger partial charge < -0.3 is 4.90 Å². The van der Waals surface area contributed by atoms with Crippen LogP contribution in [0.2, 0.25) is 0 Å². The van der Waals surface area contributed by atoms with Crippen molar-refractivity contribution in [3.63, 3.8) is 0 Å². The minimum atomic E-state index is -1.77. The predicted molar refractivity (Wildman–Crippen MR) is 54.9 cm³/mol. The van der Waals surface area contributed by atoms with Crippen LogP contribution in [-0.2, 0) is 9.59 Å². The van der Waals surface area contributed by atoms with Crippen LogP contribution in [0.3, 0.4) is 0 Å². The van der Waals surface area contributed by atoms with E-state index in [1.54, 1.807) is 6.92 Å². The zero-order valence-electron chi connectivity index (χ0n) is 9.37. The summed E-state index contributed by atoms with van der Waals surface area (Å²) in [7, 11) is 0. The molecule has 0 N–H and O–H groups in total. The first-order chi connectivity index (χ1) is 7.45. The van der Waals surface area contributed by atoms with Crippen LogP contribution in [0.4, 0.5) is 8.78 Å². The molecule has 0 bridgehead atoms. The van der Waals surface area contributed by atoms with Gasteiger partial charge in [-0.05, 0) is 19.4 Å². The van der Waals surface area contributed by atoms with Crippen LogP contribution in [0.5, 0.6) is 0 Å². The lowest BCUT2D eigenvalue weighted by atomic mass is 10.1. The molecule has 0 saturated carbocycles.